The van der Waals surface area contributed by atoms with Crippen LogP contribution in [0.3, 0.4) is 0 Å². The van der Waals surface area contributed by atoms with Gasteiger partial charge < -0.3 is 10.5 Å². The molecule has 0 radical (unpaired) electrons. The van der Waals surface area contributed by atoms with Gasteiger partial charge in [0.05, 0.1) is 0 Å². The summed E-state index contributed by atoms with van der Waals surface area (Å²) in [5, 5.41) is 0. The largest absolute Gasteiger partial charge is 0.489 e. The minimum Gasteiger partial charge on any atom is -0.489 e. The van der Waals surface area contributed by atoms with Crippen LogP contribution in [-0.2, 0) is 26.0 Å². The topological polar surface area (TPSA) is 35.2 Å². The third kappa shape index (κ3) is 2.89. The van der Waals surface area contributed by atoms with Gasteiger partial charge in [-0.25, -0.2) is 0 Å². The van der Waals surface area contributed by atoms with Gasteiger partial charge in [0.1, 0.15) is 12.4 Å². The molecule has 20 heavy (non-hydrogen) atoms. The maximum absolute atomic E-state index is 5.91. The molecule has 104 valence electrons. The second kappa shape index (κ2) is 5.98. The summed E-state index contributed by atoms with van der Waals surface area (Å²) in [5.74, 6) is 0.959. The first-order valence-electron chi connectivity index (χ1n) is 6.98. The van der Waals surface area contributed by atoms with Crippen LogP contribution in [0, 0.1) is 0 Å². The second-order valence-electron chi connectivity index (χ2n) is 5.20. The number of benzene rings is 2. The fourth-order valence-corrected chi connectivity index (χ4v) is 3.17. The van der Waals surface area contributed by atoms with Crippen molar-refractivity contribution in [3.8, 4) is 5.75 Å². The first kappa shape index (κ1) is 13.7. The third-order valence-corrected chi connectivity index (χ3v) is 4.56. The summed E-state index contributed by atoms with van der Waals surface area (Å²) in [7, 11) is 0. The van der Waals surface area contributed by atoms with E-state index in [4.69, 9.17) is 10.5 Å². The molecule has 0 unspecified atom stereocenters. The van der Waals surface area contributed by atoms with Gasteiger partial charge in [-0.1, -0.05) is 34.1 Å². The Hall–Kier alpha value is -1.32. The fourth-order valence-electron chi connectivity index (χ4n) is 2.63. The monoisotopic (exact) mass is 331 g/mol. The van der Waals surface area contributed by atoms with Crippen LogP contribution in [0.1, 0.15) is 28.7 Å². The summed E-state index contributed by atoms with van der Waals surface area (Å²) in [6, 6.07) is 12.6. The lowest BCUT2D eigenvalue weighted by Crippen LogP contribution is -2.00. The highest BCUT2D eigenvalue weighted by Gasteiger charge is 2.11. The van der Waals surface area contributed by atoms with Crippen molar-refractivity contribution in [1.82, 2.24) is 0 Å². The van der Waals surface area contributed by atoms with Crippen LogP contribution >= 0.6 is 15.9 Å². The molecule has 0 heterocycles. The molecule has 0 aliphatic heterocycles. The normalized spacial score (nSPS) is 13.3. The highest BCUT2D eigenvalue weighted by atomic mass is 79.9. The minimum atomic E-state index is 0.560. The molecule has 0 saturated carbocycles. The third-order valence-electron chi connectivity index (χ3n) is 3.82. The first-order valence-corrected chi connectivity index (χ1v) is 7.77. The molecular weight excluding hydrogens is 314 g/mol. The average molecular weight is 332 g/mol. The van der Waals surface area contributed by atoms with E-state index >= 15 is 0 Å². The molecule has 0 atom stereocenters. The maximum atomic E-state index is 5.91. The van der Waals surface area contributed by atoms with Crippen molar-refractivity contribution in [2.24, 2.45) is 5.73 Å². The Morgan fingerprint density at radius 2 is 1.90 bits per heavy atom. The number of ether oxygens (including phenoxy) is 1. The van der Waals surface area contributed by atoms with Gasteiger partial charge in [0.2, 0.25) is 0 Å². The van der Waals surface area contributed by atoms with Crippen LogP contribution in [0.25, 0.3) is 0 Å². The Morgan fingerprint density at radius 3 is 2.70 bits per heavy atom. The Balaban J connectivity index is 1.70. The van der Waals surface area contributed by atoms with E-state index < -0.39 is 0 Å². The van der Waals surface area contributed by atoms with Crippen LogP contribution in [0.15, 0.2) is 40.9 Å². The minimum absolute atomic E-state index is 0.560. The highest BCUT2D eigenvalue weighted by Crippen LogP contribution is 2.27. The van der Waals surface area contributed by atoms with Gasteiger partial charge in [0, 0.05) is 16.6 Å². The standard InChI is InChI=1S/C17H18BrNO/c18-17-8-12(10-19)4-5-15(17)11-20-16-7-6-13-2-1-3-14(13)9-16/h4-9H,1-3,10-11,19H2. The highest BCUT2D eigenvalue weighted by molar-refractivity contribution is 9.10. The molecule has 3 heteroatoms. The number of hydrogen-bond donors (Lipinski definition) is 1. The van der Waals surface area contributed by atoms with Crippen molar-refractivity contribution < 1.29 is 4.74 Å². The van der Waals surface area contributed by atoms with E-state index in [1.165, 1.54) is 30.4 Å². The molecule has 2 nitrogen and oxygen atoms in total. The zero-order valence-corrected chi connectivity index (χ0v) is 12.9. The quantitative estimate of drug-likeness (QED) is 0.919. The van der Waals surface area contributed by atoms with Gasteiger partial charge in [-0.15, -0.1) is 0 Å². The molecule has 0 aromatic heterocycles. The maximum Gasteiger partial charge on any atom is 0.120 e. The van der Waals surface area contributed by atoms with Crippen LogP contribution in [0.2, 0.25) is 0 Å². The number of hydrogen-bond acceptors (Lipinski definition) is 2. The Labute approximate surface area is 128 Å². The van der Waals surface area contributed by atoms with Gasteiger partial charge in [-0.05, 0) is 54.2 Å². The van der Waals surface area contributed by atoms with Gasteiger partial charge in [0.25, 0.3) is 0 Å². The molecule has 2 N–H and O–H groups in total. The zero-order chi connectivity index (χ0) is 13.9. The number of fused-ring (bicyclic) bond motifs is 1. The van der Waals surface area contributed by atoms with Crippen molar-refractivity contribution >= 4 is 15.9 Å². The number of halogens is 1. The van der Waals surface area contributed by atoms with Crippen LogP contribution in [0.4, 0.5) is 0 Å². The van der Waals surface area contributed by atoms with E-state index in [2.05, 4.69) is 46.3 Å². The van der Waals surface area contributed by atoms with E-state index in [1.54, 1.807) is 0 Å². The molecule has 3 rings (SSSR count). The van der Waals surface area contributed by atoms with Crippen LogP contribution in [0.5, 0.6) is 5.75 Å². The second-order valence-corrected chi connectivity index (χ2v) is 6.06. The number of aryl methyl sites for hydroxylation is 2. The summed E-state index contributed by atoms with van der Waals surface area (Å²) >= 11 is 3.58. The molecule has 2 aromatic carbocycles. The Bertz CT molecular complexity index is 624. The molecule has 2 aromatic rings. The Kier molecular flexibility index (Phi) is 4.08. The molecule has 0 spiro atoms. The van der Waals surface area contributed by atoms with Gasteiger partial charge in [-0.2, -0.15) is 0 Å². The molecular formula is C17H18BrNO. The fraction of sp³-hybridized carbons (Fsp3) is 0.294. The van der Waals surface area contributed by atoms with Crippen molar-refractivity contribution in [3.63, 3.8) is 0 Å². The molecule has 0 fully saturated rings. The summed E-state index contributed by atoms with van der Waals surface area (Å²) in [4.78, 5) is 0. The number of nitrogens with two attached hydrogens (primary N) is 1. The van der Waals surface area contributed by atoms with E-state index in [9.17, 15) is 0 Å². The van der Waals surface area contributed by atoms with E-state index in [1.807, 2.05) is 6.07 Å². The van der Waals surface area contributed by atoms with E-state index in [0.717, 1.165) is 21.3 Å². The molecule has 0 amide bonds. The Morgan fingerprint density at radius 1 is 1.05 bits per heavy atom. The molecule has 0 saturated heterocycles. The molecule has 1 aliphatic rings. The SMILES string of the molecule is NCc1ccc(COc2ccc3c(c2)CCC3)c(Br)c1. The van der Waals surface area contributed by atoms with Crippen molar-refractivity contribution in [3.05, 3.63) is 63.1 Å². The zero-order valence-electron chi connectivity index (χ0n) is 11.4. The molecule has 0 bridgehead atoms. The number of rotatable bonds is 4. The summed E-state index contributed by atoms with van der Waals surface area (Å²) in [5.41, 5.74) is 10.8. The predicted octanol–water partition coefficient (Wildman–Crippen LogP) is 3.98. The lowest BCUT2D eigenvalue weighted by molar-refractivity contribution is 0.305. The first-order chi connectivity index (χ1) is 9.76. The molecule has 1 aliphatic carbocycles. The van der Waals surface area contributed by atoms with Crippen LogP contribution in [-0.4, -0.2) is 0 Å². The van der Waals surface area contributed by atoms with Gasteiger partial charge >= 0.3 is 0 Å². The smallest absolute Gasteiger partial charge is 0.120 e. The van der Waals surface area contributed by atoms with Gasteiger partial charge in [0.15, 0.2) is 0 Å². The van der Waals surface area contributed by atoms with Crippen molar-refractivity contribution in [2.75, 3.05) is 0 Å². The summed E-state index contributed by atoms with van der Waals surface area (Å²) in [6.07, 6.45) is 3.66. The summed E-state index contributed by atoms with van der Waals surface area (Å²) in [6.45, 7) is 1.13. The van der Waals surface area contributed by atoms with Crippen molar-refractivity contribution in [2.45, 2.75) is 32.4 Å². The van der Waals surface area contributed by atoms with E-state index in [0.29, 0.717) is 13.2 Å². The summed E-state index contributed by atoms with van der Waals surface area (Å²) < 4.78 is 6.97. The van der Waals surface area contributed by atoms with Crippen molar-refractivity contribution in [1.29, 1.82) is 0 Å². The predicted molar refractivity (Wildman–Crippen MR) is 84.8 cm³/mol. The average Bonchev–Trinajstić information content (AvgIpc) is 2.93. The lowest BCUT2D eigenvalue weighted by Gasteiger charge is -2.10. The van der Waals surface area contributed by atoms with E-state index in [-0.39, 0.29) is 0 Å². The van der Waals surface area contributed by atoms with Crippen LogP contribution < -0.4 is 10.5 Å². The van der Waals surface area contributed by atoms with Gasteiger partial charge in [-0.3, -0.25) is 0 Å². The lowest BCUT2D eigenvalue weighted by atomic mass is 10.1.